The normalized spacial score (nSPS) is 22.7. The van der Waals surface area contributed by atoms with Gasteiger partial charge < -0.3 is 0 Å². The lowest BCUT2D eigenvalue weighted by atomic mass is 9.72. The van der Waals surface area contributed by atoms with Crippen molar-refractivity contribution in [3.05, 3.63) is 35.4 Å². The largest absolute Gasteiger partial charge is 0.460 e. The highest BCUT2D eigenvalue weighted by atomic mass is 19.4. The second kappa shape index (κ2) is 5.63. The van der Waals surface area contributed by atoms with Crippen molar-refractivity contribution >= 4 is 5.78 Å². The summed E-state index contributed by atoms with van der Waals surface area (Å²) in [6.45, 7) is 1.29. The molecular formula is C15H11F9O. The first kappa shape index (κ1) is 19.6. The summed E-state index contributed by atoms with van der Waals surface area (Å²) in [5.74, 6) is -25.2. The van der Waals surface area contributed by atoms with Crippen LogP contribution in [-0.2, 0) is 0 Å². The van der Waals surface area contributed by atoms with Crippen LogP contribution in [0.5, 0.6) is 0 Å². The van der Waals surface area contributed by atoms with E-state index in [1.54, 1.807) is 0 Å². The first-order valence-electron chi connectivity index (χ1n) is 6.99. The molecule has 0 aliphatic heterocycles. The molecule has 2 atom stereocenters. The van der Waals surface area contributed by atoms with Gasteiger partial charge in [0.1, 0.15) is 0 Å². The van der Waals surface area contributed by atoms with Crippen LogP contribution < -0.4 is 0 Å². The lowest BCUT2D eigenvalue weighted by Gasteiger charge is -2.39. The van der Waals surface area contributed by atoms with E-state index in [0.29, 0.717) is 0 Å². The Morgan fingerprint density at radius 2 is 1.40 bits per heavy atom. The molecule has 1 aromatic rings. The minimum Gasteiger partial charge on any atom is -0.294 e. The number of hydrogen-bond acceptors (Lipinski definition) is 1. The Balaban J connectivity index is 2.52. The number of ketones is 1. The van der Waals surface area contributed by atoms with Crippen LogP contribution >= 0.6 is 0 Å². The molecule has 0 fully saturated rings. The second-order valence-electron chi connectivity index (χ2n) is 5.91. The van der Waals surface area contributed by atoms with Crippen LogP contribution in [0.2, 0.25) is 0 Å². The molecule has 1 aromatic carbocycles. The lowest BCUT2D eigenvalue weighted by Crippen LogP contribution is -2.64. The van der Waals surface area contributed by atoms with Crippen molar-refractivity contribution < 1.29 is 44.3 Å². The number of rotatable bonds is 3. The monoisotopic (exact) mass is 378 g/mol. The van der Waals surface area contributed by atoms with Crippen molar-refractivity contribution in [2.24, 2.45) is 5.92 Å². The first-order valence-corrected chi connectivity index (χ1v) is 6.99. The maximum absolute atomic E-state index is 14.1. The zero-order valence-corrected chi connectivity index (χ0v) is 12.5. The SMILES string of the molecule is CC1CC(C(F)(F)C(F)(F)C(F)(F)C(F)(F)F)C(=O)c2ccccc21. The van der Waals surface area contributed by atoms with E-state index in [4.69, 9.17) is 0 Å². The number of benzene rings is 1. The van der Waals surface area contributed by atoms with Crippen LogP contribution in [0.3, 0.4) is 0 Å². The molecule has 0 aromatic heterocycles. The van der Waals surface area contributed by atoms with Gasteiger partial charge in [-0.05, 0) is 17.9 Å². The minimum absolute atomic E-state index is 0.241. The molecule has 0 bridgehead atoms. The molecule has 0 saturated heterocycles. The number of halogens is 9. The zero-order chi connectivity index (χ0) is 19.4. The molecule has 140 valence electrons. The highest BCUT2D eigenvalue weighted by Gasteiger charge is 2.83. The third-order valence-electron chi connectivity index (χ3n) is 4.27. The predicted molar refractivity (Wildman–Crippen MR) is 68.2 cm³/mol. The molecule has 0 heterocycles. The third kappa shape index (κ3) is 2.69. The molecule has 1 nitrogen and oxygen atoms in total. The molecular weight excluding hydrogens is 367 g/mol. The van der Waals surface area contributed by atoms with Gasteiger partial charge in [0.05, 0.1) is 5.92 Å². The van der Waals surface area contributed by atoms with Gasteiger partial charge in [0.15, 0.2) is 5.78 Å². The Morgan fingerprint density at radius 3 is 1.92 bits per heavy atom. The smallest absolute Gasteiger partial charge is 0.294 e. The highest BCUT2D eigenvalue weighted by molar-refractivity contribution is 6.01. The van der Waals surface area contributed by atoms with Crippen LogP contribution in [0.4, 0.5) is 39.5 Å². The zero-order valence-electron chi connectivity index (χ0n) is 12.5. The number of hydrogen-bond donors (Lipinski definition) is 0. The second-order valence-corrected chi connectivity index (χ2v) is 5.91. The van der Waals surface area contributed by atoms with Crippen LogP contribution in [0.25, 0.3) is 0 Å². The van der Waals surface area contributed by atoms with E-state index in [1.807, 2.05) is 0 Å². The van der Waals surface area contributed by atoms with Gasteiger partial charge in [-0.25, -0.2) is 0 Å². The van der Waals surface area contributed by atoms with E-state index in [1.165, 1.54) is 25.1 Å². The number of fused-ring (bicyclic) bond motifs is 1. The maximum Gasteiger partial charge on any atom is 0.460 e. The summed E-state index contributed by atoms with van der Waals surface area (Å²) in [4.78, 5) is 12.1. The standard InChI is InChI=1S/C15H11F9O/c1-7-6-10(11(25)9-5-3-2-4-8(7)9)12(16,17)13(18,19)14(20,21)15(22,23)24/h2-5,7,10H,6H2,1H3. The highest BCUT2D eigenvalue weighted by Crippen LogP contribution is 2.57. The fourth-order valence-electron chi connectivity index (χ4n) is 2.85. The Morgan fingerprint density at radius 1 is 0.880 bits per heavy atom. The molecule has 0 amide bonds. The number of carbonyl (C=O) groups is 1. The van der Waals surface area contributed by atoms with Gasteiger partial charge in [-0.1, -0.05) is 31.2 Å². The predicted octanol–water partition coefficient (Wildman–Crippen LogP) is 5.46. The Bertz CT molecular complexity index is 678. The summed E-state index contributed by atoms with van der Waals surface area (Å²) in [5.41, 5.74) is -0.150. The van der Waals surface area contributed by atoms with Crippen LogP contribution in [0.1, 0.15) is 35.2 Å². The van der Waals surface area contributed by atoms with Crippen molar-refractivity contribution in [1.82, 2.24) is 0 Å². The van der Waals surface area contributed by atoms with Crippen molar-refractivity contribution in [1.29, 1.82) is 0 Å². The van der Waals surface area contributed by atoms with Crippen LogP contribution in [0.15, 0.2) is 24.3 Å². The fourth-order valence-corrected chi connectivity index (χ4v) is 2.85. The van der Waals surface area contributed by atoms with Crippen molar-refractivity contribution in [2.75, 3.05) is 0 Å². The van der Waals surface area contributed by atoms with Crippen molar-refractivity contribution in [3.63, 3.8) is 0 Å². The number of alkyl halides is 9. The van der Waals surface area contributed by atoms with E-state index in [2.05, 4.69) is 0 Å². The molecule has 0 spiro atoms. The molecule has 0 radical (unpaired) electrons. The molecule has 10 heteroatoms. The summed E-state index contributed by atoms with van der Waals surface area (Å²) in [7, 11) is 0. The Labute approximate surface area is 135 Å². The minimum atomic E-state index is -7.00. The molecule has 2 rings (SSSR count). The van der Waals surface area contributed by atoms with E-state index >= 15 is 0 Å². The van der Waals surface area contributed by atoms with Gasteiger partial charge in [-0.3, -0.25) is 4.79 Å². The van der Waals surface area contributed by atoms with Gasteiger partial charge in [-0.15, -0.1) is 0 Å². The summed E-state index contributed by atoms with van der Waals surface area (Å²) < 4.78 is 118. The van der Waals surface area contributed by atoms with Gasteiger partial charge in [-0.2, -0.15) is 39.5 Å². The van der Waals surface area contributed by atoms with Crippen LogP contribution in [0, 0.1) is 5.92 Å². The summed E-state index contributed by atoms with van der Waals surface area (Å²) in [6.07, 6.45) is -7.88. The Hall–Kier alpha value is -1.74. The average Bonchev–Trinajstić information content (AvgIpc) is 2.49. The summed E-state index contributed by atoms with van der Waals surface area (Å²) >= 11 is 0. The van der Waals surface area contributed by atoms with E-state index in [0.717, 1.165) is 6.07 Å². The molecule has 0 saturated carbocycles. The number of carbonyl (C=O) groups excluding carboxylic acids is 1. The quantitative estimate of drug-likeness (QED) is 0.639. The van der Waals surface area contributed by atoms with Gasteiger partial charge in [0.2, 0.25) is 0 Å². The van der Waals surface area contributed by atoms with Crippen molar-refractivity contribution in [2.45, 2.75) is 43.2 Å². The molecule has 25 heavy (non-hydrogen) atoms. The molecule has 0 N–H and O–H groups in total. The van der Waals surface area contributed by atoms with E-state index in [-0.39, 0.29) is 5.56 Å². The number of Topliss-reactive ketones (excluding diaryl/α,β-unsaturated/α-hetero) is 1. The van der Waals surface area contributed by atoms with Gasteiger partial charge in [0, 0.05) is 5.56 Å². The lowest BCUT2D eigenvalue weighted by molar-refractivity contribution is -0.400. The molecule has 1 aliphatic rings. The van der Waals surface area contributed by atoms with Gasteiger partial charge in [0.25, 0.3) is 0 Å². The van der Waals surface area contributed by atoms with Gasteiger partial charge >= 0.3 is 23.9 Å². The summed E-state index contributed by atoms with van der Waals surface area (Å²) in [5, 5.41) is 0. The average molecular weight is 378 g/mol. The topological polar surface area (TPSA) is 17.1 Å². The third-order valence-corrected chi connectivity index (χ3v) is 4.27. The van der Waals surface area contributed by atoms with E-state index in [9.17, 15) is 44.3 Å². The summed E-state index contributed by atoms with van der Waals surface area (Å²) in [6, 6.07) is 5.10. The Kier molecular flexibility index (Phi) is 4.41. The fraction of sp³-hybridized carbons (Fsp3) is 0.533. The first-order chi connectivity index (χ1) is 11.2. The van der Waals surface area contributed by atoms with Crippen molar-refractivity contribution in [3.8, 4) is 0 Å². The molecule has 2 unspecified atom stereocenters. The van der Waals surface area contributed by atoms with E-state index < -0.39 is 53.5 Å². The van der Waals surface area contributed by atoms with Crippen LogP contribution in [-0.4, -0.2) is 29.7 Å². The maximum atomic E-state index is 14.1. The molecule has 1 aliphatic carbocycles.